The van der Waals surface area contributed by atoms with Crippen molar-refractivity contribution in [3.8, 4) is 11.9 Å². The van der Waals surface area contributed by atoms with Gasteiger partial charge in [0.05, 0.1) is 17.4 Å². The van der Waals surface area contributed by atoms with Crippen LogP contribution in [0.15, 0.2) is 6.20 Å². The van der Waals surface area contributed by atoms with Crippen molar-refractivity contribution in [1.29, 1.82) is 5.26 Å². The average molecular weight is 373 g/mol. The minimum absolute atomic E-state index is 0.103. The van der Waals surface area contributed by atoms with E-state index >= 15 is 0 Å². The van der Waals surface area contributed by atoms with Crippen molar-refractivity contribution in [2.45, 2.75) is 12.8 Å². The average Bonchev–Trinajstić information content (AvgIpc) is 2.19. The lowest BCUT2D eigenvalue weighted by Gasteiger charge is -2.09. The number of rotatable bonds is 3. The van der Waals surface area contributed by atoms with Crippen LogP contribution < -0.4 is 4.74 Å². The molecule has 0 saturated heterocycles. The van der Waals surface area contributed by atoms with Gasteiger partial charge in [0, 0.05) is 11.8 Å². The van der Waals surface area contributed by atoms with Gasteiger partial charge < -0.3 is 4.74 Å². The molecule has 0 unspecified atom stereocenters. The fourth-order valence-electron chi connectivity index (χ4n) is 1.05. The summed E-state index contributed by atoms with van der Waals surface area (Å²) in [5.41, 5.74) is -0.736. The Morgan fingerprint density at radius 1 is 1.61 bits per heavy atom. The van der Waals surface area contributed by atoms with Crippen molar-refractivity contribution in [1.82, 2.24) is 4.98 Å². The van der Waals surface area contributed by atoms with E-state index in [9.17, 15) is 23.3 Å². The Balaban J connectivity index is 3.33. The highest BCUT2D eigenvalue weighted by Crippen LogP contribution is 2.35. The molecule has 0 spiro atoms. The van der Waals surface area contributed by atoms with Crippen LogP contribution >= 0.6 is 22.6 Å². The van der Waals surface area contributed by atoms with Crippen molar-refractivity contribution in [3.63, 3.8) is 0 Å². The third kappa shape index (κ3) is 3.42. The molecule has 96 valence electrons. The first kappa shape index (κ1) is 14.4. The second-order valence-corrected chi connectivity index (χ2v) is 3.97. The zero-order chi connectivity index (χ0) is 13.9. The molecule has 10 heteroatoms. The van der Waals surface area contributed by atoms with Gasteiger partial charge in [0.15, 0.2) is 0 Å². The number of nitrogens with zero attached hydrogens (tertiary/aromatic N) is 3. The van der Waals surface area contributed by atoms with Crippen LogP contribution in [0.1, 0.15) is 5.56 Å². The third-order valence-corrected chi connectivity index (χ3v) is 2.90. The van der Waals surface area contributed by atoms with E-state index in [2.05, 4.69) is 9.72 Å². The number of nitro groups is 1. The maximum Gasteiger partial charge on any atom is 0.574 e. The normalized spacial score (nSPS) is 10.8. The summed E-state index contributed by atoms with van der Waals surface area (Å²) >= 11 is 1.48. The molecule has 1 heterocycles. The van der Waals surface area contributed by atoms with Gasteiger partial charge in [0.25, 0.3) is 0 Å². The molecule has 0 bridgehead atoms. The molecule has 1 aromatic heterocycles. The number of ether oxygens (including phenoxy) is 1. The van der Waals surface area contributed by atoms with Crippen LogP contribution in [0.5, 0.6) is 5.88 Å². The minimum Gasteiger partial charge on any atom is -0.381 e. The van der Waals surface area contributed by atoms with Crippen LogP contribution in [-0.4, -0.2) is 16.3 Å². The number of hydrogen-bond acceptors (Lipinski definition) is 5. The smallest absolute Gasteiger partial charge is 0.381 e. The fourth-order valence-corrected chi connectivity index (χ4v) is 1.81. The molecule has 18 heavy (non-hydrogen) atoms. The lowest BCUT2D eigenvalue weighted by Crippen LogP contribution is -2.19. The Morgan fingerprint density at radius 2 is 2.22 bits per heavy atom. The first-order chi connectivity index (χ1) is 8.26. The molecule has 0 N–H and O–H groups in total. The van der Waals surface area contributed by atoms with Gasteiger partial charge in [0.2, 0.25) is 0 Å². The van der Waals surface area contributed by atoms with Crippen molar-refractivity contribution >= 4 is 28.3 Å². The zero-order valence-electron chi connectivity index (χ0n) is 8.36. The van der Waals surface area contributed by atoms with Crippen LogP contribution in [0.4, 0.5) is 18.9 Å². The molecule has 1 rings (SSSR count). The van der Waals surface area contributed by atoms with Crippen LogP contribution in [-0.2, 0) is 6.42 Å². The number of hydrogen-bond donors (Lipinski definition) is 0. The Morgan fingerprint density at radius 3 is 2.67 bits per heavy atom. The van der Waals surface area contributed by atoms with Gasteiger partial charge in [-0.25, -0.2) is 4.98 Å². The highest BCUT2D eigenvalue weighted by molar-refractivity contribution is 14.1. The summed E-state index contributed by atoms with van der Waals surface area (Å²) in [6, 6.07) is 1.73. The van der Waals surface area contributed by atoms with E-state index in [0.29, 0.717) is 0 Å². The molecule has 0 atom stereocenters. The third-order valence-electron chi connectivity index (χ3n) is 1.69. The molecule has 0 radical (unpaired) electrons. The molecule has 0 fully saturated rings. The van der Waals surface area contributed by atoms with Crippen LogP contribution in [0, 0.1) is 25.0 Å². The van der Waals surface area contributed by atoms with E-state index in [1.165, 1.54) is 22.6 Å². The molecule has 1 aromatic rings. The molecule has 0 amide bonds. The largest absolute Gasteiger partial charge is 0.574 e. The first-order valence-electron chi connectivity index (χ1n) is 4.20. The van der Waals surface area contributed by atoms with Gasteiger partial charge in [-0.3, -0.25) is 10.1 Å². The number of nitriles is 1. The number of aromatic nitrogens is 1. The monoisotopic (exact) mass is 373 g/mol. The minimum atomic E-state index is -5.07. The summed E-state index contributed by atoms with van der Waals surface area (Å²) < 4.78 is 39.4. The summed E-state index contributed by atoms with van der Waals surface area (Å²) in [6.07, 6.45) is -4.32. The summed E-state index contributed by atoms with van der Waals surface area (Å²) in [7, 11) is 0. The predicted molar refractivity (Wildman–Crippen MR) is 59.6 cm³/mol. The quantitative estimate of drug-likeness (QED) is 0.462. The van der Waals surface area contributed by atoms with Crippen molar-refractivity contribution in [2.24, 2.45) is 0 Å². The van der Waals surface area contributed by atoms with Gasteiger partial charge in [-0.15, -0.1) is 13.2 Å². The molecule has 0 aliphatic heterocycles. The second-order valence-electron chi connectivity index (χ2n) is 2.89. The topological polar surface area (TPSA) is 89.0 Å². The highest BCUT2D eigenvalue weighted by Gasteiger charge is 2.37. The number of pyridine rings is 1. The lowest BCUT2D eigenvalue weighted by atomic mass is 10.2. The molecule has 6 nitrogen and oxygen atoms in total. The highest BCUT2D eigenvalue weighted by atomic mass is 127. The first-order valence-corrected chi connectivity index (χ1v) is 5.28. The Kier molecular flexibility index (Phi) is 4.28. The van der Waals surface area contributed by atoms with E-state index < -0.39 is 22.9 Å². The standard InChI is InChI=1S/C8H3F3IN3O3/c9-8(10,11)18-7-6(15(16)17)5(12)4(1-2-13)3-14-7/h3H,1H2. The van der Waals surface area contributed by atoms with Gasteiger partial charge in [-0.2, -0.15) is 5.26 Å². The molecular weight excluding hydrogens is 370 g/mol. The van der Waals surface area contributed by atoms with Crippen molar-refractivity contribution in [3.05, 3.63) is 25.4 Å². The maximum atomic E-state index is 12.0. The zero-order valence-corrected chi connectivity index (χ0v) is 10.5. The summed E-state index contributed by atoms with van der Waals surface area (Å²) in [6.45, 7) is 0. The van der Waals surface area contributed by atoms with E-state index in [-0.39, 0.29) is 15.6 Å². The molecule has 0 aliphatic rings. The Bertz CT molecular complexity index is 527. The van der Waals surface area contributed by atoms with Gasteiger partial charge in [0.1, 0.15) is 3.57 Å². The fraction of sp³-hybridized carbons (Fsp3) is 0.250. The predicted octanol–water partition coefficient (Wildman–Crippen LogP) is 2.56. The molecular formula is C8H3F3IN3O3. The van der Waals surface area contributed by atoms with E-state index in [1.807, 2.05) is 0 Å². The van der Waals surface area contributed by atoms with Crippen LogP contribution in [0.3, 0.4) is 0 Å². The van der Waals surface area contributed by atoms with Gasteiger partial charge >= 0.3 is 17.9 Å². The molecule has 0 aliphatic carbocycles. The maximum absolute atomic E-state index is 12.0. The summed E-state index contributed by atoms with van der Waals surface area (Å²) in [4.78, 5) is 12.9. The van der Waals surface area contributed by atoms with Crippen molar-refractivity contribution in [2.75, 3.05) is 0 Å². The Hall–Kier alpha value is -1.64. The number of halogens is 4. The lowest BCUT2D eigenvalue weighted by molar-refractivity contribution is -0.390. The second kappa shape index (κ2) is 5.34. The van der Waals surface area contributed by atoms with E-state index in [1.54, 1.807) is 6.07 Å². The van der Waals surface area contributed by atoms with Gasteiger partial charge in [-0.1, -0.05) is 0 Å². The van der Waals surface area contributed by atoms with Crippen molar-refractivity contribution < 1.29 is 22.8 Å². The Labute approximate surface area is 112 Å². The van der Waals surface area contributed by atoms with E-state index in [4.69, 9.17) is 5.26 Å². The SMILES string of the molecule is N#CCc1cnc(OC(F)(F)F)c([N+](=O)[O-])c1I. The molecule has 0 aromatic carbocycles. The summed E-state index contributed by atoms with van der Waals surface area (Å²) in [5, 5.41) is 19.2. The van der Waals surface area contributed by atoms with E-state index in [0.717, 1.165) is 6.20 Å². The van der Waals surface area contributed by atoms with Gasteiger partial charge in [-0.05, 0) is 22.6 Å². The van der Waals surface area contributed by atoms with Crippen LogP contribution in [0.25, 0.3) is 0 Å². The number of alkyl halides is 3. The molecule has 0 saturated carbocycles. The van der Waals surface area contributed by atoms with Crippen LogP contribution in [0.2, 0.25) is 0 Å². The summed E-state index contributed by atoms with van der Waals surface area (Å²) in [5.74, 6) is -1.14.